The second kappa shape index (κ2) is 15.4. The number of hydrogen-bond donors (Lipinski definition) is 0. The number of fused-ring (bicyclic) bond motifs is 10. The molecule has 304 valence electrons. The van der Waals surface area contributed by atoms with Gasteiger partial charge in [-0.25, -0.2) is 0 Å². The maximum atomic E-state index is 9.63. The zero-order valence-electron chi connectivity index (χ0n) is 36.6. The number of nitrogens with zero attached hydrogens (tertiary/aromatic N) is 4. The Hall–Kier alpha value is -7.66. The van der Waals surface area contributed by atoms with Gasteiger partial charge in [0.05, 0.1) is 23.3 Å². The van der Waals surface area contributed by atoms with Crippen LogP contribution in [0.2, 0.25) is 0 Å². The van der Waals surface area contributed by atoms with E-state index in [1.165, 1.54) is 65.7 Å². The van der Waals surface area contributed by atoms with Crippen molar-refractivity contribution in [2.24, 2.45) is 0 Å². The fraction of sp³-hybridized carbons (Fsp3) is 0.153. The molecular weight excluding hydrogens is 765 g/mol. The minimum atomic E-state index is -0.311. The van der Waals surface area contributed by atoms with Gasteiger partial charge in [-0.05, 0) is 175 Å². The second-order valence-electron chi connectivity index (χ2n) is 18.0. The SMILES string of the molecule is CC(C)c1ccc(N(c2ccc(C#N)cc2)c2ccc3c4c(ccc3c2)-c2c(c3ccc(N(c5ccc(C#N)cc5)c5ccc(C(C)C)cc5)cc3c3ccccc23)C4(C)C)cc1. The molecule has 0 unspecified atom stereocenters. The molecule has 63 heavy (non-hydrogen) atoms. The second-order valence-corrected chi connectivity index (χ2v) is 18.0. The van der Waals surface area contributed by atoms with Crippen LogP contribution in [0.15, 0.2) is 170 Å². The maximum Gasteiger partial charge on any atom is 0.0991 e. The standard InChI is InChI=1S/C59H48N4/c1-37(2)41-15-24-46(25-16-41)62(44-20-11-39(35-60)12-21-44)48-28-31-50-43(33-48)19-30-54-56-52-10-8-7-9-51(52)55-34-49(29-32-53(55)58(56)59(5,6)57(50)54)63(45-22-13-40(36-61)14-23-45)47-26-17-42(18-27-47)38(3)4/h7-34,37-38H,1-6H3. The van der Waals surface area contributed by atoms with Crippen LogP contribution >= 0.6 is 0 Å². The molecule has 0 heterocycles. The van der Waals surface area contributed by atoms with E-state index >= 15 is 0 Å². The van der Waals surface area contributed by atoms with E-state index in [2.05, 4.69) is 185 Å². The third-order valence-corrected chi connectivity index (χ3v) is 13.2. The Labute approximate surface area is 370 Å². The molecule has 4 nitrogen and oxygen atoms in total. The number of anilines is 6. The van der Waals surface area contributed by atoms with Crippen molar-refractivity contribution in [3.8, 4) is 23.3 Å². The molecule has 0 amide bonds. The zero-order chi connectivity index (χ0) is 43.6. The van der Waals surface area contributed by atoms with Gasteiger partial charge in [-0.2, -0.15) is 10.5 Å². The molecule has 0 aromatic heterocycles. The quantitative estimate of drug-likeness (QED) is 0.143. The average molecular weight is 813 g/mol. The van der Waals surface area contributed by atoms with E-state index in [1.54, 1.807) is 0 Å². The Morgan fingerprint density at radius 2 is 0.857 bits per heavy atom. The minimum absolute atomic E-state index is 0.311. The Kier molecular flexibility index (Phi) is 9.62. The van der Waals surface area contributed by atoms with Gasteiger partial charge in [0.25, 0.3) is 0 Å². The lowest BCUT2D eigenvalue weighted by Gasteiger charge is -2.28. The van der Waals surface area contributed by atoms with E-state index in [4.69, 9.17) is 0 Å². The lowest BCUT2D eigenvalue weighted by atomic mass is 9.77. The van der Waals surface area contributed by atoms with Crippen LogP contribution in [0.4, 0.5) is 34.1 Å². The lowest BCUT2D eigenvalue weighted by molar-refractivity contribution is 0.672. The highest BCUT2D eigenvalue weighted by atomic mass is 15.1. The summed E-state index contributed by atoms with van der Waals surface area (Å²) in [6, 6.07) is 65.4. The summed E-state index contributed by atoms with van der Waals surface area (Å²) in [5.41, 5.74) is 15.1. The third-order valence-electron chi connectivity index (χ3n) is 13.2. The van der Waals surface area contributed by atoms with E-state index in [0.29, 0.717) is 23.0 Å². The van der Waals surface area contributed by atoms with Crippen LogP contribution < -0.4 is 9.80 Å². The molecule has 0 radical (unpaired) electrons. The van der Waals surface area contributed by atoms with Crippen molar-refractivity contribution in [1.29, 1.82) is 10.5 Å². The number of hydrogen-bond acceptors (Lipinski definition) is 4. The summed E-state index contributed by atoms with van der Waals surface area (Å²) in [5.74, 6) is 0.865. The predicted molar refractivity (Wildman–Crippen MR) is 263 cm³/mol. The summed E-state index contributed by atoms with van der Waals surface area (Å²) < 4.78 is 0. The molecule has 1 aliphatic carbocycles. The smallest absolute Gasteiger partial charge is 0.0991 e. The van der Waals surface area contributed by atoms with Crippen molar-refractivity contribution in [3.05, 3.63) is 203 Å². The molecule has 0 atom stereocenters. The maximum absolute atomic E-state index is 9.63. The van der Waals surface area contributed by atoms with Crippen molar-refractivity contribution in [2.45, 2.75) is 58.8 Å². The van der Waals surface area contributed by atoms with Crippen molar-refractivity contribution in [2.75, 3.05) is 9.80 Å². The molecule has 1 aliphatic rings. The zero-order valence-corrected chi connectivity index (χ0v) is 36.6. The third kappa shape index (κ3) is 6.59. The van der Waals surface area contributed by atoms with Crippen LogP contribution in [0.1, 0.15) is 86.8 Å². The van der Waals surface area contributed by atoms with Gasteiger partial charge in [0.1, 0.15) is 0 Å². The molecule has 9 aromatic carbocycles. The van der Waals surface area contributed by atoms with Crippen LogP contribution in [-0.4, -0.2) is 0 Å². The summed E-state index contributed by atoms with van der Waals surface area (Å²) in [6.45, 7) is 13.7. The molecule has 10 rings (SSSR count). The molecule has 0 N–H and O–H groups in total. The molecule has 4 heteroatoms. The van der Waals surface area contributed by atoms with Crippen LogP contribution in [0.5, 0.6) is 0 Å². The van der Waals surface area contributed by atoms with Crippen molar-refractivity contribution in [3.63, 3.8) is 0 Å². The van der Waals surface area contributed by atoms with Gasteiger partial charge in [-0.3, -0.25) is 0 Å². The Morgan fingerprint density at radius 1 is 0.413 bits per heavy atom. The van der Waals surface area contributed by atoms with E-state index in [0.717, 1.165) is 34.1 Å². The van der Waals surface area contributed by atoms with Crippen LogP contribution in [0.3, 0.4) is 0 Å². The minimum Gasteiger partial charge on any atom is -0.310 e. The first-order valence-electron chi connectivity index (χ1n) is 21.9. The van der Waals surface area contributed by atoms with Crippen molar-refractivity contribution < 1.29 is 0 Å². The largest absolute Gasteiger partial charge is 0.310 e. The molecule has 0 spiro atoms. The highest BCUT2D eigenvalue weighted by Gasteiger charge is 2.40. The van der Waals surface area contributed by atoms with Gasteiger partial charge >= 0.3 is 0 Å². The van der Waals surface area contributed by atoms with E-state index in [-0.39, 0.29) is 5.41 Å². The average Bonchev–Trinajstić information content (AvgIpc) is 3.56. The van der Waals surface area contributed by atoms with Gasteiger partial charge in [-0.15, -0.1) is 0 Å². The summed E-state index contributed by atoms with van der Waals surface area (Å²) >= 11 is 0. The van der Waals surface area contributed by atoms with Gasteiger partial charge in [0.15, 0.2) is 0 Å². The Morgan fingerprint density at radius 3 is 1.35 bits per heavy atom. The number of rotatable bonds is 8. The highest BCUT2D eigenvalue weighted by molar-refractivity contribution is 6.20. The predicted octanol–water partition coefficient (Wildman–Crippen LogP) is 16.4. The van der Waals surface area contributed by atoms with Crippen molar-refractivity contribution in [1.82, 2.24) is 0 Å². The van der Waals surface area contributed by atoms with Gasteiger partial charge < -0.3 is 9.80 Å². The topological polar surface area (TPSA) is 54.1 Å². The number of nitriles is 2. The fourth-order valence-corrected chi connectivity index (χ4v) is 9.99. The monoisotopic (exact) mass is 812 g/mol. The fourth-order valence-electron chi connectivity index (χ4n) is 9.99. The first-order valence-corrected chi connectivity index (χ1v) is 21.9. The van der Waals surface area contributed by atoms with Gasteiger partial charge in [0, 0.05) is 39.5 Å². The summed E-state index contributed by atoms with van der Waals surface area (Å²) in [7, 11) is 0. The Bertz CT molecular complexity index is 3310. The Balaban J connectivity index is 1.13. The normalized spacial score (nSPS) is 12.7. The lowest BCUT2D eigenvalue weighted by Crippen LogP contribution is -2.16. The van der Waals surface area contributed by atoms with Crippen LogP contribution in [0.25, 0.3) is 43.4 Å². The number of benzene rings is 9. The van der Waals surface area contributed by atoms with Gasteiger partial charge in [-0.1, -0.05) is 114 Å². The highest BCUT2D eigenvalue weighted by Crippen LogP contribution is 2.57. The first-order chi connectivity index (χ1) is 30.5. The van der Waals surface area contributed by atoms with Crippen LogP contribution in [-0.2, 0) is 5.41 Å². The molecule has 0 saturated carbocycles. The summed E-state index contributed by atoms with van der Waals surface area (Å²) in [6.07, 6.45) is 0. The van der Waals surface area contributed by atoms with E-state index < -0.39 is 0 Å². The van der Waals surface area contributed by atoms with Gasteiger partial charge in [0.2, 0.25) is 0 Å². The molecule has 0 aliphatic heterocycles. The molecule has 0 saturated heterocycles. The molecular formula is C59H48N4. The molecule has 9 aromatic rings. The van der Waals surface area contributed by atoms with Crippen molar-refractivity contribution >= 4 is 66.4 Å². The van der Waals surface area contributed by atoms with E-state index in [1.807, 2.05) is 48.5 Å². The summed E-state index contributed by atoms with van der Waals surface area (Å²) in [4.78, 5) is 4.59. The first kappa shape index (κ1) is 39.5. The van der Waals surface area contributed by atoms with Crippen LogP contribution in [0, 0.1) is 22.7 Å². The van der Waals surface area contributed by atoms with E-state index in [9.17, 15) is 10.5 Å². The summed E-state index contributed by atoms with van der Waals surface area (Å²) in [5, 5.41) is 26.6. The molecule has 0 fully saturated rings. The molecule has 0 bridgehead atoms.